The molecule has 3 rings (SSSR count). The van der Waals surface area contributed by atoms with Crippen LogP contribution < -0.4 is 10.9 Å². The number of nitrogens with one attached hydrogen (secondary N) is 2. The number of aryl methyl sites for hydroxylation is 1. The zero-order valence-electron chi connectivity index (χ0n) is 13.2. The second kappa shape index (κ2) is 7.68. The summed E-state index contributed by atoms with van der Waals surface area (Å²) in [6, 6.07) is 12.0. The number of H-pyrrole nitrogens is 1. The highest BCUT2D eigenvalue weighted by Gasteiger charge is 2.08. The van der Waals surface area contributed by atoms with Crippen LogP contribution in [0.25, 0.3) is 10.9 Å². The van der Waals surface area contributed by atoms with Gasteiger partial charge >= 0.3 is 0 Å². The van der Waals surface area contributed by atoms with Gasteiger partial charge in [-0.15, -0.1) is 0 Å². The van der Waals surface area contributed by atoms with Crippen LogP contribution in [-0.2, 0) is 11.2 Å². The van der Waals surface area contributed by atoms with Crippen molar-refractivity contribution in [2.45, 2.75) is 19.3 Å². The molecule has 0 saturated carbocycles. The van der Waals surface area contributed by atoms with Crippen molar-refractivity contribution < 1.29 is 4.79 Å². The van der Waals surface area contributed by atoms with E-state index in [2.05, 4.69) is 15.3 Å². The molecular weight excluding hydrogens is 361 g/mol. The number of carbonyl (C=O) groups excluding carboxylic acids is 1. The third kappa shape index (κ3) is 4.38. The Bertz CT molecular complexity index is 985. The third-order valence-electron chi connectivity index (χ3n) is 3.68. The van der Waals surface area contributed by atoms with Gasteiger partial charge in [-0.1, -0.05) is 35.3 Å². The van der Waals surface area contributed by atoms with Crippen LogP contribution in [0, 0.1) is 0 Å². The van der Waals surface area contributed by atoms with E-state index in [1.165, 1.54) is 0 Å². The number of anilines is 1. The van der Waals surface area contributed by atoms with Crippen molar-refractivity contribution in [1.82, 2.24) is 9.97 Å². The summed E-state index contributed by atoms with van der Waals surface area (Å²) >= 11 is 11.9. The number of fused-ring (bicyclic) bond motifs is 1. The molecule has 0 bridgehead atoms. The summed E-state index contributed by atoms with van der Waals surface area (Å²) < 4.78 is 0. The number of nitrogens with zero attached hydrogens (tertiary/aromatic N) is 1. The van der Waals surface area contributed by atoms with Crippen molar-refractivity contribution in [1.29, 1.82) is 0 Å². The van der Waals surface area contributed by atoms with Gasteiger partial charge in [0.1, 0.15) is 5.82 Å². The molecule has 0 aliphatic heterocycles. The molecule has 1 aromatic heterocycles. The second-order valence-corrected chi connectivity index (χ2v) is 6.40. The van der Waals surface area contributed by atoms with Gasteiger partial charge in [0.2, 0.25) is 5.91 Å². The Labute approximate surface area is 154 Å². The van der Waals surface area contributed by atoms with Crippen molar-refractivity contribution in [3.05, 3.63) is 68.7 Å². The van der Waals surface area contributed by atoms with E-state index in [9.17, 15) is 9.59 Å². The first-order valence-electron chi connectivity index (χ1n) is 7.76. The van der Waals surface area contributed by atoms with Crippen molar-refractivity contribution >= 4 is 45.7 Å². The molecule has 0 aliphatic rings. The van der Waals surface area contributed by atoms with Crippen molar-refractivity contribution in [3.63, 3.8) is 0 Å². The van der Waals surface area contributed by atoms with Crippen molar-refractivity contribution in [2.75, 3.05) is 5.32 Å². The van der Waals surface area contributed by atoms with Crippen LogP contribution >= 0.6 is 23.2 Å². The van der Waals surface area contributed by atoms with Gasteiger partial charge in [0.05, 0.1) is 21.6 Å². The Hall–Kier alpha value is -2.37. The number of amides is 1. The number of rotatable bonds is 5. The van der Waals surface area contributed by atoms with Gasteiger partial charge < -0.3 is 10.3 Å². The maximum Gasteiger partial charge on any atom is 0.258 e. The molecule has 0 unspecified atom stereocenters. The largest absolute Gasteiger partial charge is 0.325 e. The highest BCUT2D eigenvalue weighted by Crippen LogP contribution is 2.25. The Morgan fingerprint density at radius 1 is 1.16 bits per heavy atom. The first kappa shape index (κ1) is 17.5. The number of hydrogen-bond donors (Lipinski definition) is 2. The van der Waals surface area contributed by atoms with Crippen LogP contribution in [0.15, 0.2) is 47.3 Å². The Kier molecular flexibility index (Phi) is 5.36. The van der Waals surface area contributed by atoms with E-state index in [1.807, 2.05) is 6.07 Å². The predicted octanol–water partition coefficient (Wildman–Crippen LogP) is 4.19. The molecule has 128 valence electrons. The molecule has 7 heteroatoms. The van der Waals surface area contributed by atoms with Gasteiger partial charge in [-0.2, -0.15) is 0 Å². The molecule has 3 aromatic rings. The highest BCUT2D eigenvalue weighted by atomic mass is 35.5. The molecule has 0 fully saturated rings. The van der Waals surface area contributed by atoms with Gasteiger partial charge in [0.15, 0.2) is 0 Å². The average molecular weight is 376 g/mol. The van der Waals surface area contributed by atoms with Crippen LogP contribution in [0.4, 0.5) is 5.69 Å². The van der Waals surface area contributed by atoms with Gasteiger partial charge in [-0.05, 0) is 36.8 Å². The number of hydrogen-bond acceptors (Lipinski definition) is 3. The molecular formula is C18H15Cl2N3O2. The minimum atomic E-state index is -0.174. The summed E-state index contributed by atoms with van der Waals surface area (Å²) in [6.07, 6.45) is 1.32. The molecule has 25 heavy (non-hydrogen) atoms. The Morgan fingerprint density at radius 3 is 2.80 bits per heavy atom. The number of aromatic amines is 1. The van der Waals surface area contributed by atoms with Crippen LogP contribution in [0.2, 0.25) is 10.0 Å². The summed E-state index contributed by atoms with van der Waals surface area (Å²) in [7, 11) is 0. The van der Waals surface area contributed by atoms with E-state index in [0.29, 0.717) is 45.3 Å². The summed E-state index contributed by atoms with van der Waals surface area (Å²) in [5, 5.41) is 4.21. The standard InChI is InChI=1S/C18H15Cl2N3O2/c19-11-8-9-13(20)15(10-11)22-17(24)7-3-6-16-21-14-5-2-1-4-12(14)18(25)23-16/h1-2,4-5,8-10H,3,6-7H2,(H,22,24)(H,21,23,25). The van der Waals surface area contributed by atoms with E-state index in [0.717, 1.165) is 0 Å². The van der Waals surface area contributed by atoms with Gasteiger partial charge in [0, 0.05) is 17.9 Å². The summed E-state index contributed by atoms with van der Waals surface area (Å²) in [6.45, 7) is 0. The lowest BCUT2D eigenvalue weighted by atomic mass is 10.2. The molecule has 0 saturated heterocycles. The van der Waals surface area contributed by atoms with Gasteiger partial charge in [-0.3, -0.25) is 9.59 Å². The molecule has 2 aromatic carbocycles. The fourth-order valence-electron chi connectivity index (χ4n) is 2.48. The summed E-state index contributed by atoms with van der Waals surface area (Å²) in [4.78, 5) is 31.2. The molecule has 0 radical (unpaired) electrons. The van der Waals surface area contributed by atoms with E-state index in [1.54, 1.807) is 36.4 Å². The van der Waals surface area contributed by atoms with E-state index in [-0.39, 0.29) is 17.9 Å². The Balaban J connectivity index is 1.60. The van der Waals surface area contributed by atoms with Gasteiger partial charge in [0.25, 0.3) is 5.56 Å². The molecule has 2 N–H and O–H groups in total. The van der Waals surface area contributed by atoms with Crippen LogP contribution in [-0.4, -0.2) is 15.9 Å². The minimum Gasteiger partial charge on any atom is -0.325 e. The zero-order valence-corrected chi connectivity index (χ0v) is 14.7. The third-order valence-corrected chi connectivity index (χ3v) is 4.25. The molecule has 0 spiro atoms. The minimum absolute atomic E-state index is 0.171. The maximum absolute atomic E-state index is 12.0. The molecule has 1 heterocycles. The Morgan fingerprint density at radius 2 is 1.96 bits per heavy atom. The SMILES string of the molecule is O=C(CCCc1nc2ccccc2c(=O)[nH]1)Nc1cc(Cl)ccc1Cl. The molecule has 5 nitrogen and oxygen atoms in total. The fraction of sp³-hybridized carbons (Fsp3) is 0.167. The summed E-state index contributed by atoms with van der Waals surface area (Å²) in [5.74, 6) is 0.393. The van der Waals surface area contributed by atoms with E-state index < -0.39 is 0 Å². The predicted molar refractivity (Wildman–Crippen MR) is 100 cm³/mol. The zero-order chi connectivity index (χ0) is 17.8. The molecule has 1 amide bonds. The lowest BCUT2D eigenvalue weighted by molar-refractivity contribution is -0.116. The van der Waals surface area contributed by atoms with Crippen LogP contribution in [0.5, 0.6) is 0 Å². The fourth-order valence-corrected chi connectivity index (χ4v) is 2.81. The van der Waals surface area contributed by atoms with Crippen molar-refractivity contribution in [3.8, 4) is 0 Å². The number of halogens is 2. The lowest BCUT2D eigenvalue weighted by Gasteiger charge is -2.08. The first-order chi connectivity index (χ1) is 12.0. The monoisotopic (exact) mass is 375 g/mol. The van der Waals surface area contributed by atoms with E-state index >= 15 is 0 Å². The number of benzene rings is 2. The molecule has 0 aliphatic carbocycles. The quantitative estimate of drug-likeness (QED) is 0.701. The van der Waals surface area contributed by atoms with Crippen LogP contribution in [0.1, 0.15) is 18.7 Å². The van der Waals surface area contributed by atoms with Crippen LogP contribution in [0.3, 0.4) is 0 Å². The number of para-hydroxylation sites is 1. The van der Waals surface area contributed by atoms with Gasteiger partial charge in [-0.25, -0.2) is 4.98 Å². The second-order valence-electron chi connectivity index (χ2n) is 5.56. The average Bonchev–Trinajstić information content (AvgIpc) is 2.58. The lowest BCUT2D eigenvalue weighted by Crippen LogP contribution is -2.14. The topological polar surface area (TPSA) is 74.8 Å². The smallest absolute Gasteiger partial charge is 0.258 e. The first-order valence-corrected chi connectivity index (χ1v) is 8.51. The number of carbonyl (C=O) groups is 1. The molecule has 0 atom stereocenters. The summed E-state index contributed by atoms with van der Waals surface area (Å²) in [5.41, 5.74) is 0.962. The van der Waals surface area contributed by atoms with Crippen molar-refractivity contribution in [2.24, 2.45) is 0 Å². The maximum atomic E-state index is 12.0. The normalized spacial score (nSPS) is 10.8. The van der Waals surface area contributed by atoms with E-state index in [4.69, 9.17) is 23.2 Å². The number of aromatic nitrogens is 2. The highest BCUT2D eigenvalue weighted by molar-refractivity contribution is 6.35.